The molecule has 1 aromatic rings. The van der Waals surface area contributed by atoms with Crippen LogP contribution in [-0.4, -0.2) is 6.54 Å². The second kappa shape index (κ2) is 5.36. The van der Waals surface area contributed by atoms with Gasteiger partial charge in [0.25, 0.3) is 0 Å². The van der Waals surface area contributed by atoms with Crippen molar-refractivity contribution in [3.8, 4) is 11.8 Å². The van der Waals surface area contributed by atoms with E-state index in [4.69, 9.17) is 11.5 Å². The SMILES string of the molecule is NCCC#CC(N)c1ccccc1. The van der Waals surface area contributed by atoms with Crippen molar-refractivity contribution < 1.29 is 0 Å². The van der Waals surface area contributed by atoms with Crippen LogP contribution in [0.25, 0.3) is 0 Å². The summed E-state index contributed by atoms with van der Waals surface area (Å²) < 4.78 is 0. The van der Waals surface area contributed by atoms with E-state index in [2.05, 4.69) is 11.8 Å². The molecule has 2 heteroatoms. The van der Waals surface area contributed by atoms with Gasteiger partial charge in [-0.25, -0.2) is 0 Å². The highest BCUT2D eigenvalue weighted by Crippen LogP contribution is 2.07. The van der Waals surface area contributed by atoms with Gasteiger partial charge < -0.3 is 11.5 Å². The van der Waals surface area contributed by atoms with Crippen LogP contribution in [0.5, 0.6) is 0 Å². The summed E-state index contributed by atoms with van der Waals surface area (Å²) in [6.45, 7) is 0.592. The Labute approximate surface area is 78.9 Å². The smallest absolute Gasteiger partial charge is 0.0920 e. The molecule has 13 heavy (non-hydrogen) atoms. The summed E-state index contributed by atoms with van der Waals surface area (Å²) in [6.07, 6.45) is 0.709. The van der Waals surface area contributed by atoms with Gasteiger partial charge in [0, 0.05) is 13.0 Å². The van der Waals surface area contributed by atoms with Crippen molar-refractivity contribution in [1.82, 2.24) is 0 Å². The first kappa shape index (κ1) is 9.79. The van der Waals surface area contributed by atoms with Crippen LogP contribution in [0.1, 0.15) is 18.0 Å². The van der Waals surface area contributed by atoms with Gasteiger partial charge in [-0.1, -0.05) is 42.2 Å². The van der Waals surface area contributed by atoms with Crippen LogP contribution in [-0.2, 0) is 0 Å². The predicted molar refractivity (Wildman–Crippen MR) is 54.8 cm³/mol. The summed E-state index contributed by atoms with van der Waals surface area (Å²) in [5, 5.41) is 0. The molecule has 0 aliphatic rings. The summed E-state index contributed by atoms with van der Waals surface area (Å²) in [5.41, 5.74) is 12.2. The third kappa shape index (κ3) is 3.29. The Balaban J connectivity index is 2.60. The fraction of sp³-hybridized carbons (Fsp3) is 0.273. The van der Waals surface area contributed by atoms with E-state index in [-0.39, 0.29) is 6.04 Å². The van der Waals surface area contributed by atoms with Gasteiger partial charge in [0.05, 0.1) is 6.04 Å². The van der Waals surface area contributed by atoms with Gasteiger partial charge in [-0.15, -0.1) is 0 Å². The van der Waals surface area contributed by atoms with E-state index in [1.165, 1.54) is 0 Å². The maximum absolute atomic E-state index is 5.82. The Morgan fingerprint density at radius 3 is 2.54 bits per heavy atom. The molecule has 2 nitrogen and oxygen atoms in total. The van der Waals surface area contributed by atoms with Gasteiger partial charge in [-0.2, -0.15) is 0 Å². The molecular weight excluding hydrogens is 160 g/mol. The number of hydrogen-bond donors (Lipinski definition) is 2. The van der Waals surface area contributed by atoms with Gasteiger partial charge in [-0.3, -0.25) is 0 Å². The molecule has 68 valence electrons. The zero-order valence-electron chi connectivity index (χ0n) is 7.53. The van der Waals surface area contributed by atoms with Crippen LogP contribution in [0.2, 0.25) is 0 Å². The summed E-state index contributed by atoms with van der Waals surface area (Å²) in [6, 6.07) is 9.64. The minimum Gasteiger partial charge on any atom is -0.330 e. The monoisotopic (exact) mass is 174 g/mol. The lowest BCUT2D eigenvalue weighted by atomic mass is 10.1. The van der Waals surface area contributed by atoms with Crippen molar-refractivity contribution in [3.63, 3.8) is 0 Å². The molecule has 1 unspecified atom stereocenters. The zero-order valence-corrected chi connectivity index (χ0v) is 7.53. The van der Waals surface area contributed by atoms with Crippen molar-refractivity contribution in [2.45, 2.75) is 12.5 Å². The van der Waals surface area contributed by atoms with Gasteiger partial charge >= 0.3 is 0 Å². The van der Waals surface area contributed by atoms with Crippen molar-refractivity contribution in [2.24, 2.45) is 11.5 Å². The van der Waals surface area contributed by atoms with E-state index in [0.29, 0.717) is 13.0 Å². The van der Waals surface area contributed by atoms with Crippen LogP contribution >= 0.6 is 0 Å². The van der Waals surface area contributed by atoms with E-state index < -0.39 is 0 Å². The first-order valence-electron chi connectivity index (χ1n) is 4.33. The molecule has 0 saturated heterocycles. The topological polar surface area (TPSA) is 52.0 Å². The first-order valence-corrected chi connectivity index (χ1v) is 4.33. The second-order valence-corrected chi connectivity index (χ2v) is 2.75. The molecular formula is C11H14N2. The zero-order chi connectivity index (χ0) is 9.52. The fourth-order valence-corrected chi connectivity index (χ4v) is 0.998. The molecule has 1 aromatic carbocycles. The largest absolute Gasteiger partial charge is 0.330 e. The lowest BCUT2D eigenvalue weighted by Crippen LogP contribution is -2.07. The fourth-order valence-electron chi connectivity index (χ4n) is 0.998. The minimum absolute atomic E-state index is 0.187. The maximum atomic E-state index is 5.82. The number of nitrogens with two attached hydrogens (primary N) is 2. The van der Waals surface area contributed by atoms with Crippen LogP contribution in [0.3, 0.4) is 0 Å². The number of rotatable bonds is 2. The molecule has 0 amide bonds. The van der Waals surface area contributed by atoms with Gasteiger partial charge in [0.15, 0.2) is 0 Å². The Morgan fingerprint density at radius 2 is 1.92 bits per heavy atom. The van der Waals surface area contributed by atoms with E-state index in [0.717, 1.165) is 5.56 Å². The molecule has 4 N–H and O–H groups in total. The summed E-state index contributed by atoms with van der Waals surface area (Å²) in [5.74, 6) is 5.88. The molecule has 0 spiro atoms. The predicted octanol–water partition coefficient (Wildman–Crippen LogP) is 1.04. The molecule has 0 aliphatic carbocycles. The van der Waals surface area contributed by atoms with Crippen LogP contribution < -0.4 is 11.5 Å². The van der Waals surface area contributed by atoms with Crippen molar-refractivity contribution in [2.75, 3.05) is 6.54 Å². The van der Waals surface area contributed by atoms with Crippen molar-refractivity contribution >= 4 is 0 Å². The highest BCUT2D eigenvalue weighted by Gasteiger charge is 1.98. The second-order valence-electron chi connectivity index (χ2n) is 2.75. The highest BCUT2D eigenvalue weighted by atomic mass is 14.6. The van der Waals surface area contributed by atoms with Crippen molar-refractivity contribution in [1.29, 1.82) is 0 Å². The molecule has 0 radical (unpaired) electrons. The van der Waals surface area contributed by atoms with E-state index in [9.17, 15) is 0 Å². The van der Waals surface area contributed by atoms with Gasteiger partial charge in [-0.05, 0) is 5.56 Å². The summed E-state index contributed by atoms with van der Waals surface area (Å²) in [7, 11) is 0. The Bertz CT molecular complexity index is 295. The van der Waals surface area contributed by atoms with Gasteiger partial charge in [0.2, 0.25) is 0 Å². The standard InChI is InChI=1S/C11H14N2/c12-9-5-4-8-11(13)10-6-2-1-3-7-10/h1-3,6-7,11H,5,9,12-13H2. The first-order chi connectivity index (χ1) is 6.34. The third-order valence-corrected chi connectivity index (χ3v) is 1.69. The number of benzene rings is 1. The lowest BCUT2D eigenvalue weighted by molar-refractivity contribution is 0.938. The average Bonchev–Trinajstić information content (AvgIpc) is 2.19. The molecule has 0 bridgehead atoms. The molecule has 0 fully saturated rings. The highest BCUT2D eigenvalue weighted by molar-refractivity contribution is 5.26. The van der Waals surface area contributed by atoms with E-state index in [1.54, 1.807) is 0 Å². The Morgan fingerprint density at radius 1 is 1.23 bits per heavy atom. The van der Waals surface area contributed by atoms with Crippen LogP contribution in [0.15, 0.2) is 30.3 Å². The van der Waals surface area contributed by atoms with E-state index in [1.807, 2.05) is 30.3 Å². The van der Waals surface area contributed by atoms with Crippen molar-refractivity contribution in [3.05, 3.63) is 35.9 Å². The lowest BCUT2D eigenvalue weighted by Gasteiger charge is -2.02. The molecule has 0 aliphatic heterocycles. The molecule has 0 aromatic heterocycles. The Hall–Kier alpha value is -1.30. The van der Waals surface area contributed by atoms with Gasteiger partial charge in [0.1, 0.15) is 0 Å². The Kier molecular flexibility index (Phi) is 4.04. The molecule has 1 atom stereocenters. The quantitative estimate of drug-likeness (QED) is 0.658. The molecule has 0 heterocycles. The average molecular weight is 174 g/mol. The summed E-state index contributed by atoms with van der Waals surface area (Å²) in [4.78, 5) is 0. The molecule has 1 rings (SSSR count). The van der Waals surface area contributed by atoms with Crippen LogP contribution in [0.4, 0.5) is 0 Å². The normalized spacial score (nSPS) is 11.5. The van der Waals surface area contributed by atoms with Crippen LogP contribution in [0, 0.1) is 11.8 Å². The molecule has 0 saturated carbocycles. The maximum Gasteiger partial charge on any atom is 0.0920 e. The van der Waals surface area contributed by atoms with E-state index >= 15 is 0 Å². The minimum atomic E-state index is -0.187. The number of hydrogen-bond acceptors (Lipinski definition) is 2. The summed E-state index contributed by atoms with van der Waals surface area (Å²) >= 11 is 0. The third-order valence-electron chi connectivity index (χ3n) is 1.69.